The molecule has 0 atom stereocenters. The summed E-state index contributed by atoms with van der Waals surface area (Å²) in [5, 5.41) is 14.7. The molecule has 1 amide bonds. The van der Waals surface area contributed by atoms with Crippen LogP contribution in [0.15, 0.2) is 42.5 Å². The Morgan fingerprint density at radius 3 is 2.47 bits per heavy atom. The Balaban J connectivity index is 1.58. The van der Waals surface area contributed by atoms with Crippen molar-refractivity contribution in [2.45, 2.75) is 6.92 Å². The van der Waals surface area contributed by atoms with Gasteiger partial charge in [-0.05, 0) is 55.5 Å². The highest BCUT2D eigenvalue weighted by molar-refractivity contribution is 7.80. The number of hydrogen-bond donors (Lipinski definition) is 1. The van der Waals surface area contributed by atoms with E-state index in [1.54, 1.807) is 36.4 Å². The number of nitrogens with one attached hydrogen (secondary N) is 1. The number of hydrogen-bond acceptors (Lipinski definition) is 6. The first kappa shape index (κ1) is 21.8. The van der Waals surface area contributed by atoms with Crippen LogP contribution in [-0.2, 0) is 0 Å². The average Bonchev–Trinajstić information content (AvgIpc) is 2.74. The second-order valence-electron chi connectivity index (χ2n) is 6.58. The minimum atomic E-state index is -0.435. The molecule has 0 saturated carbocycles. The maximum absolute atomic E-state index is 12.4. The van der Waals surface area contributed by atoms with E-state index in [4.69, 9.17) is 28.6 Å². The summed E-state index contributed by atoms with van der Waals surface area (Å²) in [6.45, 7) is 4.57. The predicted molar refractivity (Wildman–Crippen MR) is 120 cm³/mol. The number of piperazine rings is 1. The Morgan fingerprint density at radius 1 is 1.20 bits per heavy atom. The molecule has 0 spiro atoms. The van der Waals surface area contributed by atoms with Gasteiger partial charge in [0.2, 0.25) is 0 Å². The highest BCUT2D eigenvalue weighted by Gasteiger charge is 2.25. The SMILES string of the molecule is CCOc1ccc(C(=O)NC(=S)N2CCN(c3ccc(Cl)cc3[N+](=O)[O-])CC2)cc1. The van der Waals surface area contributed by atoms with Gasteiger partial charge in [-0.1, -0.05) is 11.6 Å². The Hall–Kier alpha value is -2.91. The molecule has 0 radical (unpaired) electrons. The lowest BCUT2D eigenvalue weighted by atomic mass is 10.2. The molecular weight excluding hydrogens is 428 g/mol. The zero-order valence-electron chi connectivity index (χ0n) is 16.3. The van der Waals surface area contributed by atoms with Gasteiger partial charge >= 0.3 is 0 Å². The minimum absolute atomic E-state index is 0.0256. The Kier molecular flexibility index (Phi) is 7.07. The number of nitrogens with zero attached hydrogens (tertiary/aromatic N) is 3. The van der Waals surface area contributed by atoms with E-state index in [1.165, 1.54) is 6.07 Å². The fraction of sp³-hybridized carbons (Fsp3) is 0.300. The number of ether oxygens (including phenoxy) is 1. The molecule has 1 fully saturated rings. The van der Waals surface area contributed by atoms with E-state index in [-0.39, 0.29) is 11.6 Å². The van der Waals surface area contributed by atoms with E-state index < -0.39 is 4.92 Å². The van der Waals surface area contributed by atoms with Crippen LogP contribution < -0.4 is 15.0 Å². The summed E-state index contributed by atoms with van der Waals surface area (Å²) in [7, 11) is 0. The van der Waals surface area contributed by atoms with E-state index >= 15 is 0 Å². The molecule has 1 aliphatic rings. The second kappa shape index (κ2) is 9.73. The lowest BCUT2D eigenvalue weighted by molar-refractivity contribution is -0.384. The number of anilines is 1. The monoisotopic (exact) mass is 448 g/mol. The summed E-state index contributed by atoms with van der Waals surface area (Å²) >= 11 is 11.3. The van der Waals surface area contributed by atoms with Gasteiger partial charge in [0.25, 0.3) is 11.6 Å². The molecule has 2 aromatic rings. The zero-order valence-corrected chi connectivity index (χ0v) is 17.9. The summed E-state index contributed by atoms with van der Waals surface area (Å²) in [6.07, 6.45) is 0. The van der Waals surface area contributed by atoms with Gasteiger partial charge in [-0.2, -0.15) is 0 Å². The number of rotatable bonds is 5. The van der Waals surface area contributed by atoms with Gasteiger partial charge in [-0.15, -0.1) is 0 Å². The third-order valence-corrected chi connectivity index (χ3v) is 5.29. The van der Waals surface area contributed by atoms with Gasteiger partial charge in [0.15, 0.2) is 5.11 Å². The van der Waals surface area contributed by atoms with Gasteiger partial charge in [0, 0.05) is 42.8 Å². The Bertz CT molecular complexity index is 946. The molecule has 1 N–H and O–H groups in total. The number of nitro benzene ring substituents is 1. The van der Waals surface area contributed by atoms with Crippen molar-refractivity contribution < 1.29 is 14.5 Å². The summed E-state index contributed by atoms with van der Waals surface area (Å²) in [4.78, 5) is 27.1. The minimum Gasteiger partial charge on any atom is -0.494 e. The molecule has 3 rings (SSSR count). The van der Waals surface area contributed by atoms with Crippen LogP contribution in [0, 0.1) is 10.1 Å². The van der Waals surface area contributed by atoms with Crippen LogP contribution in [-0.4, -0.2) is 53.6 Å². The number of halogens is 1. The number of carbonyl (C=O) groups is 1. The van der Waals surface area contributed by atoms with Gasteiger partial charge < -0.3 is 14.5 Å². The van der Waals surface area contributed by atoms with Crippen molar-refractivity contribution >= 4 is 46.2 Å². The molecule has 30 heavy (non-hydrogen) atoms. The van der Waals surface area contributed by atoms with Crippen LogP contribution in [0.2, 0.25) is 5.02 Å². The second-order valence-corrected chi connectivity index (χ2v) is 7.40. The predicted octanol–water partition coefficient (Wildman–Crippen LogP) is 3.48. The number of carbonyl (C=O) groups excluding carboxylic acids is 1. The third-order valence-electron chi connectivity index (χ3n) is 4.69. The van der Waals surface area contributed by atoms with E-state index in [9.17, 15) is 14.9 Å². The third kappa shape index (κ3) is 5.17. The summed E-state index contributed by atoms with van der Waals surface area (Å²) in [6, 6.07) is 11.5. The number of thiocarbonyl (C=S) groups is 1. The van der Waals surface area contributed by atoms with Crippen molar-refractivity contribution in [3.63, 3.8) is 0 Å². The highest BCUT2D eigenvalue weighted by atomic mass is 35.5. The van der Waals surface area contributed by atoms with Crippen LogP contribution in [0.1, 0.15) is 17.3 Å². The van der Waals surface area contributed by atoms with E-state index in [0.717, 1.165) is 0 Å². The fourth-order valence-electron chi connectivity index (χ4n) is 3.18. The lowest BCUT2D eigenvalue weighted by Crippen LogP contribution is -2.52. The fourth-order valence-corrected chi connectivity index (χ4v) is 3.62. The first-order chi connectivity index (χ1) is 14.4. The smallest absolute Gasteiger partial charge is 0.294 e. The Labute approximate surface area is 184 Å². The summed E-state index contributed by atoms with van der Waals surface area (Å²) in [5.41, 5.74) is 0.979. The molecule has 2 aromatic carbocycles. The van der Waals surface area contributed by atoms with Crippen LogP contribution in [0.25, 0.3) is 0 Å². The molecule has 0 aromatic heterocycles. The van der Waals surface area contributed by atoms with Crippen molar-refractivity contribution in [1.82, 2.24) is 10.2 Å². The van der Waals surface area contributed by atoms with Gasteiger partial charge in [-0.3, -0.25) is 20.2 Å². The van der Waals surface area contributed by atoms with Gasteiger partial charge in [0.1, 0.15) is 11.4 Å². The molecule has 158 valence electrons. The van der Waals surface area contributed by atoms with Crippen molar-refractivity contribution in [2.24, 2.45) is 0 Å². The van der Waals surface area contributed by atoms with E-state index in [2.05, 4.69) is 5.32 Å². The molecule has 0 bridgehead atoms. The van der Waals surface area contributed by atoms with Crippen LogP contribution in [0.3, 0.4) is 0 Å². The van der Waals surface area contributed by atoms with Gasteiger partial charge in [-0.25, -0.2) is 0 Å². The van der Waals surface area contributed by atoms with Crippen molar-refractivity contribution in [1.29, 1.82) is 0 Å². The van der Waals surface area contributed by atoms with Crippen LogP contribution >= 0.6 is 23.8 Å². The normalized spacial score (nSPS) is 13.7. The first-order valence-electron chi connectivity index (χ1n) is 9.41. The zero-order chi connectivity index (χ0) is 21.7. The lowest BCUT2D eigenvalue weighted by Gasteiger charge is -2.37. The molecule has 0 aliphatic carbocycles. The van der Waals surface area contributed by atoms with Crippen molar-refractivity contribution in [3.8, 4) is 5.75 Å². The molecule has 10 heteroatoms. The Morgan fingerprint density at radius 2 is 1.87 bits per heavy atom. The summed E-state index contributed by atoms with van der Waals surface area (Å²) < 4.78 is 5.37. The number of benzene rings is 2. The van der Waals surface area contributed by atoms with Gasteiger partial charge in [0.05, 0.1) is 11.5 Å². The molecular formula is C20H21ClN4O4S. The van der Waals surface area contributed by atoms with Crippen LogP contribution in [0.5, 0.6) is 5.75 Å². The molecule has 1 heterocycles. The first-order valence-corrected chi connectivity index (χ1v) is 10.2. The maximum Gasteiger partial charge on any atom is 0.294 e. The van der Waals surface area contributed by atoms with Crippen molar-refractivity contribution in [3.05, 3.63) is 63.2 Å². The largest absolute Gasteiger partial charge is 0.494 e. The van der Waals surface area contributed by atoms with Crippen molar-refractivity contribution in [2.75, 3.05) is 37.7 Å². The summed E-state index contributed by atoms with van der Waals surface area (Å²) in [5.74, 6) is 0.405. The molecule has 1 aliphatic heterocycles. The molecule has 8 nitrogen and oxygen atoms in total. The topological polar surface area (TPSA) is 88.0 Å². The van der Waals surface area contributed by atoms with E-state index in [0.29, 0.717) is 59.9 Å². The quantitative estimate of drug-likeness (QED) is 0.425. The molecule has 1 saturated heterocycles. The average molecular weight is 449 g/mol. The van der Waals surface area contributed by atoms with Crippen LogP contribution in [0.4, 0.5) is 11.4 Å². The molecule has 0 unspecified atom stereocenters. The van der Waals surface area contributed by atoms with E-state index in [1.807, 2.05) is 16.7 Å². The highest BCUT2D eigenvalue weighted by Crippen LogP contribution is 2.31. The number of amides is 1. The number of nitro groups is 1. The maximum atomic E-state index is 12.4. The standard InChI is InChI=1S/C20H21ClN4O4S/c1-2-29-16-6-3-14(4-7-16)19(26)22-20(30)24-11-9-23(10-12-24)17-8-5-15(21)13-18(17)25(27)28/h3-8,13H,2,9-12H2,1H3,(H,22,26,30).